The number of para-hydroxylation sites is 3. The molecule has 0 aliphatic carbocycles. The van der Waals surface area contributed by atoms with Gasteiger partial charge in [-0.05, 0) is 117 Å². The molecule has 0 radical (unpaired) electrons. The van der Waals surface area contributed by atoms with Crippen molar-refractivity contribution in [1.29, 1.82) is 0 Å². The predicted octanol–water partition coefficient (Wildman–Crippen LogP) is 14.0. The van der Waals surface area contributed by atoms with Gasteiger partial charge >= 0.3 is 0 Å². The summed E-state index contributed by atoms with van der Waals surface area (Å²) >= 11 is 0. The van der Waals surface area contributed by atoms with Crippen molar-refractivity contribution in [3.63, 3.8) is 0 Å². The molecule has 0 spiro atoms. The first kappa shape index (κ1) is 29.6. The van der Waals surface area contributed by atoms with Crippen molar-refractivity contribution < 1.29 is 4.74 Å². The normalized spacial score (nSPS) is 11.9. The zero-order valence-electron chi connectivity index (χ0n) is 28.8. The summed E-state index contributed by atoms with van der Waals surface area (Å²) in [6.07, 6.45) is 0. The molecule has 0 fully saturated rings. The highest BCUT2D eigenvalue weighted by atomic mass is 16.5. The van der Waals surface area contributed by atoms with Gasteiger partial charge in [-0.2, -0.15) is 0 Å². The number of benzene rings is 9. The first-order chi connectivity index (χ1) is 26.2. The quantitative estimate of drug-likeness (QED) is 0.181. The van der Waals surface area contributed by atoms with Crippen LogP contribution in [0.2, 0.25) is 0 Å². The molecule has 11 rings (SSSR count). The molecule has 1 aliphatic heterocycles. The number of fused-ring (bicyclic) bond motifs is 7. The summed E-state index contributed by atoms with van der Waals surface area (Å²) in [4.78, 5) is 2.37. The lowest BCUT2D eigenvalue weighted by Crippen LogP contribution is -2.10. The van der Waals surface area contributed by atoms with Gasteiger partial charge in [0.2, 0.25) is 0 Å². The van der Waals surface area contributed by atoms with Crippen LogP contribution in [0.3, 0.4) is 0 Å². The summed E-state index contributed by atoms with van der Waals surface area (Å²) in [6, 6.07) is 69.9. The molecule has 1 aliphatic rings. The van der Waals surface area contributed by atoms with Gasteiger partial charge in [0.15, 0.2) is 11.5 Å². The molecule has 0 N–H and O–H groups in total. The van der Waals surface area contributed by atoms with Gasteiger partial charge in [-0.1, -0.05) is 121 Å². The highest BCUT2D eigenvalue weighted by molar-refractivity contribution is 6.13. The fourth-order valence-corrected chi connectivity index (χ4v) is 8.16. The summed E-state index contributed by atoms with van der Waals surface area (Å²) in [5.74, 6) is 1.77. The molecule has 3 nitrogen and oxygen atoms in total. The maximum absolute atomic E-state index is 6.35. The van der Waals surface area contributed by atoms with Gasteiger partial charge in [-0.3, -0.25) is 0 Å². The van der Waals surface area contributed by atoms with Crippen LogP contribution in [0, 0.1) is 0 Å². The predicted molar refractivity (Wildman–Crippen MR) is 221 cm³/mol. The standard InChI is InChI=1S/C50H32N2O/c1-3-11-36-29-39(20-19-33(36)9-1)38-13-7-14-42(31-38)51(43-27-23-34-10-2-4-12-37(34)30-43)41-25-21-35(22-26-41)40-24-28-46-45(32-40)44-15-8-18-49-50(44)52(46)47-16-5-6-17-48(47)53-49/h1-32H. The maximum atomic E-state index is 6.35. The van der Waals surface area contributed by atoms with E-state index in [0.717, 1.165) is 39.8 Å². The van der Waals surface area contributed by atoms with Crippen molar-refractivity contribution >= 4 is 60.4 Å². The van der Waals surface area contributed by atoms with E-state index in [1.807, 2.05) is 12.1 Å². The molecule has 9 aromatic carbocycles. The third-order valence-corrected chi connectivity index (χ3v) is 10.7. The largest absolute Gasteiger partial charge is 0.453 e. The van der Waals surface area contributed by atoms with Crippen LogP contribution >= 0.6 is 0 Å². The summed E-state index contributed by atoms with van der Waals surface area (Å²) in [7, 11) is 0. The van der Waals surface area contributed by atoms with Crippen LogP contribution in [0.1, 0.15) is 0 Å². The van der Waals surface area contributed by atoms with Crippen molar-refractivity contribution in [3.8, 4) is 39.4 Å². The molecule has 0 unspecified atom stereocenters. The Hall–Kier alpha value is -7.10. The number of hydrogen-bond acceptors (Lipinski definition) is 2. The lowest BCUT2D eigenvalue weighted by atomic mass is 10.00. The third kappa shape index (κ3) is 4.82. The Morgan fingerprint density at radius 3 is 1.81 bits per heavy atom. The molecule has 248 valence electrons. The summed E-state index contributed by atoms with van der Waals surface area (Å²) in [5, 5.41) is 7.34. The number of rotatable bonds is 5. The zero-order valence-corrected chi connectivity index (χ0v) is 28.8. The van der Waals surface area contributed by atoms with Crippen molar-refractivity contribution in [1.82, 2.24) is 4.57 Å². The molecule has 0 amide bonds. The first-order valence-electron chi connectivity index (χ1n) is 18.1. The minimum absolute atomic E-state index is 0.878. The number of aromatic nitrogens is 1. The number of hydrogen-bond donors (Lipinski definition) is 0. The second-order valence-corrected chi connectivity index (χ2v) is 13.8. The van der Waals surface area contributed by atoms with Gasteiger partial charge < -0.3 is 14.2 Å². The van der Waals surface area contributed by atoms with Crippen LogP contribution in [0.15, 0.2) is 194 Å². The van der Waals surface area contributed by atoms with Crippen LogP contribution < -0.4 is 9.64 Å². The van der Waals surface area contributed by atoms with Crippen LogP contribution in [0.5, 0.6) is 11.5 Å². The maximum Gasteiger partial charge on any atom is 0.152 e. The number of ether oxygens (including phenoxy) is 1. The van der Waals surface area contributed by atoms with E-state index in [9.17, 15) is 0 Å². The van der Waals surface area contributed by atoms with E-state index in [4.69, 9.17) is 4.74 Å². The Balaban J connectivity index is 1.02. The summed E-state index contributed by atoms with van der Waals surface area (Å²) in [6.45, 7) is 0. The van der Waals surface area contributed by atoms with E-state index in [2.05, 4.69) is 191 Å². The number of anilines is 3. The Labute approximate surface area is 307 Å². The highest BCUT2D eigenvalue weighted by Gasteiger charge is 2.23. The van der Waals surface area contributed by atoms with Gasteiger partial charge in [0.05, 0.1) is 16.7 Å². The molecule has 10 aromatic rings. The van der Waals surface area contributed by atoms with E-state index in [1.165, 1.54) is 60.1 Å². The molecule has 0 bridgehead atoms. The van der Waals surface area contributed by atoms with E-state index in [-0.39, 0.29) is 0 Å². The SMILES string of the molecule is c1cc(-c2ccc3ccccc3c2)cc(N(c2ccc(-c3ccc4c(c3)c3cccc5c3n4-c3ccccc3O5)cc2)c2ccc3ccccc3c2)c1. The minimum atomic E-state index is 0.878. The van der Waals surface area contributed by atoms with Gasteiger partial charge in [0.1, 0.15) is 0 Å². The molecule has 0 saturated heterocycles. The van der Waals surface area contributed by atoms with E-state index in [1.54, 1.807) is 0 Å². The topological polar surface area (TPSA) is 17.4 Å². The van der Waals surface area contributed by atoms with E-state index in [0.29, 0.717) is 0 Å². The van der Waals surface area contributed by atoms with E-state index < -0.39 is 0 Å². The lowest BCUT2D eigenvalue weighted by molar-refractivity contribution is 0.476. The van der Waals surface area contributed by atoms with Crippen molar-refractivity contribution in [2.45, 2.75) is 0 Å². The highest BCUT2D eigenvalue weighted by Crippen LogP contribution is 2.46. The van der Waals surface area contributed by atoms with Crippen LogP contribution in [-0.4, -0.2) is 4.57 Å². The number of nitrogens with zero attached hydrogens (tertiary/aromatic N) is 2. The third-order valence-electron chi connectivity index (χ3n) is 10.7. The fourth-order valence-electron chi connectivity index (χ4n) is 8.16. The Morgan fingerprint density at radius 2 is 0.962 bits per heavy atom. The first-order valence-corrected chi connectivity index (χ1v) is 18.1. The van der Waals surface area contributed by atoms with Crippen LogP contribution in [-0.2, 0) is 0 Å². The lowest BCUT2D eigenvalue weighted by Gasteiger charge is -2.26. The van der Waals surface area contributed by atoms with Crippen LogP contribution in [0.4, 0.5) is 17.1 Å². The monoisotopic (exact) mass is 676 g/mol. The molecule has 0 atom stereocenters. The molecular formula is C50H32N2O. The molecule has 0 saturated carbocycles. The molecule has 3 heteroatoms. The molecule has 53 heavy (non-hydrogen) atoms. The van der Waals surface area contributed by atoms with Gasteiger partial charge in [-0.25, -0.2) is 0 Å². The summed E-state index contributed by atoms with van der Waals surface area (Å²) in [5.41, 5.74) is 11.4. The fraction of sp³-hybridized carbons (Fsp3) is 0. The van der Waals surface area contributed by atoms with Gasteiger partial charge in [0, 0.05) is 27.8 Å². The molecule has 1 aromatic heterocycles. The second kappa shape index (κ2) is 11.7. The van der Waals surface area contributed by atoms with Crippen molar-refractivity contribution in [2.75, 3.05) is 4.90 Å². The smallest absolute Gasteiger partial charge is 0.152 e. The minimum Gasteiger partial charge on any atom is -0.453 e. The Morgan fingerprint density at radius 1 is 0.358 bits per heavy atom. The van der Waals surface area contributed by atoms with Gasteiger partial charge in [-0.15, -0.1) is 0 Å². The average molecular weight is 677 g/mol. The average Bonchev–Trinajstić information content (AvgIpc) is 3.56. The van der Waals surface area contributed by atoms with Crippen molar-refractivity contribution in [3.05, 3.63) is 194 Å². The molecule has 2 heterocycles. The Bertz CT molecular complexity index is 3050. The Kier molecular flexibility index (Phi) is 6.55. The summed E-state index contributed by atoms with van der Waals surface area (Å²) < 4.78 is 8.70. The van der Waals surface area contributed by atoms with Gasteiger partial charge in [0.25, 0.3) is 0 Å². The molecular weight excluding hydrogens is 645 g/mol. The second-order valence-electron chi connectivity index (χ2n) is 13.8. The van der Waals surface area contributed by atoms with Crippen molar-refractivity contribution in [2.24, 2.45) is 0 Å². The van der Waals surface area contributed by atoms with Crippen LogP contribution in [0.25, 0.3) is 71.3 Å². The van der Waals surface area contributed by atoms with E-state index >= 15 is 0 Å². The zero-order chi connectivity index (χ0) is 34.9.